The maximum absolute atomic E-state index is 13.5. The van der Waals surface area contributed by atoms with Gasteiger partial charge in [0.05, 0.1) is 24.2 Å². The van der Waals surface area contributed by atoms with Gasteiger partial charge in [0, 0.05) is 42.4 Å². The standard InChI is InChI=1S/C22H30N2O3S/c1-15-6-8-23(9-7-15)21(26)22-13-24(10-16(22)11-27-14-22)20(25)18-12-28-19-5-3-2-4-17(18)19/h12,15-16H,2-11,13-14H2,1H3/t16-,22-/m1/s1. The Labute approximate surface area is 171 Å². The lowest BCUT2D eigenvalue weighted by molar-refractivity contribution is -0.144. The number of likely N-dealkylation sites (tertiary alicyclic amines) is 2. The van der Waals surface area contributed by atoms with Crippen LogP contribution in [0.2, 0.25) is 0 Å². The second-order valence-corrected chi connectivity index (χ2v) is 10.3. The molecule has 1 aromatic heterocycles. The van der Waals surface area contributed by atoms with Gasteiger partial charge in [0.1, 0.15) is 0 Å². The van der Waals surface area contributed by atoms with Crippen molar-refractivity contribution in [2.24, 2.45) is 17.3 Å². The third-order valence-corrected chi connectivity index (χ3v) is 8.54. The molecular weight excluding hydrogens is 372 g/mol. The predicted molar refractivity (Wildman–Crippen MR) is 109 cm³/mol. The lowest BCUT2D eigenvalue weighted by Gasteiger charge is -2.37. The number of fused-ring (bicyclic) bond motifs is 2. The second-order valence-electron chi connectivity index (χ2n) is 9.29. The van der Waals surface area contributed by atoms with Crippen LogP contribution in [-0.2, 0) is 22.4 Å². The van der Waals surface area contributed by atoms with E-state index >= 15 is 0 Å². The highest BCUT2D eigenvalue weighted by Crippen LogP contribution is 2.44. The largest absolute Gasteiger partial charge is 0.380 e. The Morgan fingerprint density at radius 1 is 1.18 bits per heavy atom. The predicted octanol–water partition coefficient (Wildman–Crippen LogP) is 2.97. The fourth-order valence-corrected chi connectivity index (χ4v) is 6.68. The fraction of sp³-hybridized carbons (Fsp3) is 0.727. The Hall–Kier alpha value is -1.40. The van der Waals surface area contributed by atoms with Crippen molar-refractivity contribution in [1.82, 2.24) is 9.80 Å². The Bertz CT molecular complexity index is 783. The normalized spacial score (nSPS) is 30.4. The first-order chi connectivity index (χ1) is 13.6. The molecule has 5 rings (SSSR count). The Morgan fingerprint density at radius 2 is 1.96 bits per heavy atom. The highest BCUT2D eigenvalue weighted by molar-refractivity contribution is 7.10. The number of carbonyl (C=O) groups excluding carboxylic acids is 2. The maximum Gasteiger partial charge on any atom is 0.255 e. The van der Waals surface area contributed by atoms with Gasteiger partial charge >= 0.3 is 0 Å². The zero-order valence-electron chi connectivity index (χ0n) is 16.7. The number of ether oxygens (including phenoxy) is 1. The van der Waals surface area contributed by atoms with Crippen LogP contribution >= 0.6 is 11.3 Å². The van der Waals surface area contributed by atoms with Gasteiger partial charge in [-0.25, -0.2) is 0 Å². The quantitative estimate of drug-likeness (QED) is 0.764. The van der Waals surface area contributed by atoms with Crippen LogP contribution in [0, 0.1) is 17.3 Å². The Kier molecular flexibility index (Phi) is 4.74. The van der Waals surface area contributed by atoms with Crippen molar-refractivity contribution in [1.29, 1.82) is 0 Å². The van der Waals surface area contributed by atoms with E-state index in [9.17, 15) is 9.59 Å². The molecule has 0 saturated carbocycles. The first kappa shape index (κ1) is 18.6. The van der Waals surface area contributed by atoms with Gasteiger partial charge in [-0.3, -0.25) is 9.59 Å². The van der Waals surface area contributed by atoms with Gasteiger partial charge in [0.25, 0.3) is 5.91 Å². The van der Waals surface area contributed by atoms with E-state index in [0.29, 0.717) is 32.2 Å². The Morgan fingerprint density at radius 3 is 2.79 bits per heavy atom. The number of amides is 2. The topological polar surface area (TPSA) is 49.9 Å². The van der Waals surface area contributed by atoms with E-state index in [4.69, 9.17) is 4.74 Å². The summed E-state index contributed by atoms with van der Waals surface area (Å²) < 4.78 is 5.77. The molecule has 4 heterocycles. The molecule has 152 valence electrons. The molecule has 5 nitrogen and oxygen atoms in total. The van der Waals surface area contributed by atoms with E-state index in [1.165, 1.54) is 23.3 Å². The summed E-state index contributed by atoms with van der Waals surface area (Å²) in [6, 6.07) is 0. The van der Waals surface area contributed by atoms with E-state index in [1.807, 2.05) is 9.80 Å². The molecule has 1 aliphatic carbocycles. The zero-order valence-corrected chi connectivity index (χ0v) is 17.6. The van der Waals surface area contributed by atoms with Gasteiger partial charge in [-0.15, -0.1) is 11.3 Å². The molecule has 4 aliphatic rings. The van der Waals surface area contributed by atoms with Gasteiger partial charge in [0.2, 0.25) is 5.91 Å². The molecule has 1 aromatic rings. The molecule has 0 bridgehead atoms. The lowest BCUT2D eigenvalue weighted by Crippen LogP contribution is -2.51. The summed E-state index contributed by atoms with van der Waals surface area (Å²) in [7, 11) is 0. The van der Waals surface area contributed by atoms with E-state index in [2.05, 4.69) is 12.3 Å². The maximum atomic E-state index is 13.5. The number of nitrogens with zero attached hydrogens (tertiary/aromatic N) is 2. The van der Waals surface area contributed by atoms with Crippen molar-refractivity contribution in [3.63, 3.8) is 0 Å². The minimum Gasteiger partial charge on any atom is -0.380 e. The summed E-state index contributed by atoms with van der Waals surface area (Å²) >= 11 is 1.74. The van der Waals surface area contributed by atoms with Crippen LogP contribution in [0.15, 0.2) is 5.38 Å². The average Bonchev–Trinajstić information content (AvgIpc) is 3.40. The van der Waals surface area contributed by atoms with Gasteiger partial charge < -0.3 is 14.5 Å². The lowest BCUT2D eigenvalue weighted by atomic mass is 9.79. The Balaban J connectivity index is 1.36. The molecule has 0 N–H and O–H groups in total. The monoisotopic (exact) mass is 402 g/mol. The number of rotatable bonds is 2. The third-order valence-electron chi connectivity index (χ3n) is 7.45. The van der Waals surface area contributed by atoms with Crippen LogP contribution in [0.4, 0.5) is 0 Å². The summed E-state index contributed by atoms with van der Waals surface area (Å²) in [4.78, 5) is 32.3. The van der Waals surface area contributed by atoms with E-state index in [1.54, 1.807) is 11.3 Å². The van der Waals surface area contributed by atoms with Crippen LogP contribution in [0.3, 0.4) is 0 Å². The molecule has 2 atom stereocenters. The van der Waals surface area contributed by atoms with E-state index in [-0.39, 0.29) is 17.7 Å². The molecule has 3 aliphatic heterocycles. The fourth-order valence-electron chi connectivity index (χ4n) is 5.56. The molecule has 0 radical (unpaired) electrons. The molecule has 3 saturated heterocycles. The van der Waals surface area contributed by atoms with Crippen molar-refractivity contribution in [2.45, 2.75) is 45.4 Å². The number of carbonyl (C=O) groups is 2. The number of hydrogen-bond acceptors (Lipinski definition) is 4. The minimum absolute atomic E-state index is 0.133. The van der Waals surface area contributed by atoms with Crippen molar-refractivity contribution in [3.8, 4) is 0 Å². The van der Waals surface area contributed by atoms with Crippen LogP contribution in [0.5, 0.6) is 0 Å². The highest BCUT2D eigenvalue weighted by Gasteiger charge is 2.58. The second kappa shape index (κ2) is 7.13. The molecule has 0 spiro atoms. The van der Waals surface area contributed by atoms with Gasteiger partial charge in [0.15, 0.2) is 0 Å². The molecule has 0 unspecified atom stereocenters. The van der Waals surface area contributed by atoms with Gasteiger partial charge in [-0.2, -0.15) is 0 Å². The average molecular weight is 403 g/mol. The summed E-state index contributed by atoms with van der Waals surface area (Å²) in [5.41, 5.74) is 1.65. The molecular formula is C22H30N2O3S. The molecule has 28 heavy (non-hydrogen) atoms. The smallest absolute Gasteiger partial charge is 0.255 e. The van der Waals surface area contributed by atoms with Crippen LogP contribution in [0.25, 0.3) is 0 Å². The van der Waals surface area contributed by atoms with Crippen molar-refractivity contribution in [2.75, 3.05) is 39.4 Å². The zero-order chi connectivity index (χ0) is 19.3. The summed E-state index contributed by atoms with van der Waals surface area (Å²) in [5.74, 6) is 1.19. The molecule has 3 fully saturated rings. The van der Waals surface area contributed by atoms with E-state index in [0.717, 1.165) is 44.3 Å². The van der Waals surface area contributed by atoms with Gasteiger partial charge in [-0.1, -0.05) is 6.92 Å². The van der Waals surface area contributed by atoms with Crippen molar-refractivity contribution < 1.29 is 14.3 Å². The van der Waals surface area contributed by atoms with Crippen molar-refractivity contribution >= 4 is 23.2 Å². The minimum atomic E-state index is -0.522. The van der Waals surface area contributed by atoms with Crippen molar-refractivity contribution in [3.05, 3.63) is 21.4 Å². The highest BCUT2D eigenvalue weighted by atomic mass is 32.1. The first-order valence-electron chi connectivity index (χ1n) is 10.8. The molecule has 6 heteroatoms. The first-order valence-corrected chi connectivity index (χ1v) is 11.7. The number of piperidine rings is 1. The van der Waals surface area contributed by atoms with Crippen LogP contribution < -0.4 is 0 Å². The summed E-state index contributed by atoms with van der Waals surface area (Å²) in [6.07, 6.45) is 6.70. The SMILES string of the molecule is CC1CCN(C(=O)[C@]23COC[C@H]2CN(C(=O)c2csc4c2CCCC4)C3)CC1. The van der Waals surface area contributed by atoms with Gasteiger partial charge in [-0.05, 0) is 50.0 Å². The number of hydrogen-bond donors (Lipinski definition) is 0. The summed E-state index contributed by atoms with van der Waals surface area (Å²) in [6.45, 7) is 6.20. The number of thiophene rings is 1. The number of aryl methyl sites for hydroxylation is 1. The summed E-state index contributed by atoms with van der Waals surface area (Å²) in [5, 5.41) is 2.06. The molecule has 0 aromatic carbocycles. The van der Waals surface area contributed by atoms with Crippen LogP contribution in [0.1, 0.15) is 53.4 Å². The van der Waals surface area contributed by atoms with E-state index < -0.39 is 5.41 Å². The van der Waals surface area contributed by atoms with Crippen LogP contribution in [-0.4, -0.2) is 61.0 Å². The third kappa shape index (κ3) is 2.91. The molecule has 2 amide bonds.